The van der Waals surface area contributed by atoms with Gasteiger partial charge in [0.1, 0.15) is 17.7 Å². The molecular weight excluding hydrogens is 229 g/mol. The van der Waals surface area contributed by atoms with Crippen molar-refractivity contribution in [2.75, 3.05) is 13.1 Å². The molecule has 1 N–H and O–H groups in total. The first-order valence-electron chi connectivity index (χ1n) is 6.95. The predicted molar refractivity (Wildman–Crippen MR) is 71.5 cm³/mol. The summed E-state index contributed by atoms with van der Waals surface area (Å²) in [5, 5.41) is 3.42. The van der Waals surface area contributed by atoms with E-state index in [1.807, 2.05) is 0 Å². The van der Waals surface area contributed by atoms with Crippen LogP contribution in [-0.2, 0) is 6.42 Å². The highest BCUT2D eigenvalue weighted by Crippen LogP contribution is 2.28. The van der Waals surface area contributed by atoms with Gasteiger partial charge in [-0.15, -0.1) is 0 Å². The molecule has 0 amide bonds. The lowest BCUT2D eigenvalue weighted by molar-refractivity contribution is 0.227. The molecule has 0 fully saturated rings. The van der Waals surface area contributed by atoms with E-state index >= 15 is 0 Å². The van der Waals surface area contributed by atoms with E-state index < -0.39 is 0 Å². The summed E-state index contributed by atoms with van der Waals surface area (Å²) in [5.74, 6) is 0.666. The van der Waals surface area contributed by atoms with Crippen LogP contribution in [0.15, 0.2) is 18.2 Å². The quantitative estimate of drug-likeness (QED) is 0.751. The number of halogens is 1. The van der Waals surface area contributed by atoms with Gasteiger partial charge in [-0.2, -0.15) is 0 Å². The van der Waals surface area contributed by atoms with Gasteiger partial charge in [0.25, 0.3) is 0 Å². The van der Waals surface area contributed by atoms with Gasteiger partial charge in [0.15, 0.2) is 0 Å². The zero-order chi connectivity index (χ0) is 12.8. The SMILES string of the molecule is CCCCCCNCC1Cc2cc(F)ccc2O1. The van der Waals surface area contributed by atoms with Crippen molar-refractivity contribution in [3.8, 4) is 5.75 Å². The summed E-state index contributed by atoms with van der Waals surface area (Å²) in [6.45, 7) is 4.11. The van der Waals surface area contributed by atoms with E-state index in [0.717, 1.165) is 30.8 Å². The Kier molecular flexibility index (Phi) is 5.00. The molecule has 1 aromatic rings. The summed E-state index contributed by atoms with van der Waals surface area (Å²) < 4.78 is 18.8. The fraction of sp³-hybridized carbons (Fsp3) is 0.600. The number of ether oxygens (including phenoxy) is 1. The molecule has 0 aliphatic carbocycles. The molecule has 0 saturated carbocycles. The van der Waals surface area contributed by atoms with Crippen molar-refractivity contribution >= 4 is 0 Å². The van der Waals surface area contributed by atoms with Crippen LogP contribution in [0.3, 0.4) is 0 Å². The summed E-state index contributed by atoms with van der Waals surface area (Å²) in [5.41, 5.74) is 0.993. The van der Waals surface area contributed by atoms with Gasteiger partial charge in [0, 0.05) is 18.5 Å². The first kappa shape index (κ1) is 13.3. The summed E-state index contributed by atoms with van der Waals surface area (Å²) in [6, 6.07) is 4.77. The van der Waals surface area contributed by atoms with Gasteiger partial charge in [-0.3, -0.25) is 0 Å². The molecule has 1 unspecified atom stereocenters. The van der Waals surface area contributed by atoms with Crippen LogP contribution in [0.4, 0.5) is 4.39 Å². The number of fused-ring (bicyclic) bond motifs is 1. The topological polar surface area (TPSA) is 21.3 Å². The second-order valence-electron chi connectivity index (χ2n) is 4.96. The van der Waals surface area contributed by atoms with Crippen molar-refractivity contribution in [2.24, 2.45) is 0 Å². The van der Waals surface area contributed by atoms with E-state index in [9.17, 15) is 4.39 Å². The molecule has 3 heteroatoms. The van der Waals surface area contributed by atoms with Gasteiger partial charge in [-0.05, 0) is 31.2 Å². The lowest BCUT2D eigenvalue weighted by Crippen LogP contribution is -2.30. The molecule has 100 valence electrons. The minimum atomic E-state index is -0.175. The number of benzene rings is 1. The predicted octanol–water partition coefficient (Wildman–Crippen LogP) is 3.30. The Morgan fingerprint density at radius 2 is 2.22 bits per heavy atom. The van der Waals surface area contributed by atoms with Crippen LogP contribution in [0.2, 0.25) is 0 Å². The molecule has 2 nitrogen and oxygen atoms in total. The van der Waals surface area contributed by atoms with Gasteiger partial charge in [0.2, 0.25) is 0 Å². The van der Waals surface area contributed by atoms with Crippen LogP contribution < -0.4 is 10.1 Å². The lowest BCUT2D eigenvalue weighted by atomic mass is 10.1. The van der Waals surface area contributed by atoms with E-state index in [4.69, 9.17) is 4.74 Å². The fourth-order valence-corrected chi connectivity index (χ4v) is 2.34. The molecule has 0 bridgehead atoms. The lowest BCUT2D eigenvalue weighted by Gasteiger charge is -2.11. The Morgan fingerprint density at radius 1 is 1.33 bits per heavy atom. The fourth-order valence-electron chi connectivity index (χ4n) is 2.34. The summed E-state index contributed by atoms with van der Waals surface area (Å²) in [4.78, 5) is 0. The highest BCUT2D eigenvalue weighted by Gasteiger charge is 2.22. The van der Waals surface area contributed by atoms with Gasteiger partial charge in [-0.1, -0.05) is 26.2 Å². The van der Waals surface area contributed by atoms with Gasteiger partial charge >= 0.3 is 0 Å². The molecule has 1 aliphatic rings. The van der Waals surface area contributed by atoms with Gasteiger partial charge in [-0.25, -0.2) is 4.39 Å². The van der Waals surface area contributed by atoms with Crippen LogP contribution in [0, 0.1) is 5.82 Å². The molecule has 1 aliphatic heterocycles. The van der Waals surface area contributed by atoms with E-state index in [1.165, 1.54) is 31.7 Å². The Balaban J connectivity index is 1.65. The standard InChI is InChI=1S/C15H22FNO/c1-2-3-4-5-8-17-11-14-10-12-9-13(16)6-7-15(12)18-14/h6-7,9,14,17H,2-5,8,10-11H2,1H3. The zero-order valence-electron chi connectivity index (χ0n) is 11.0. The Hall–Kier alpha value is -1.09. The number of unbranched alkanes of at least 4 members (excludes halogenated alkanes) is 3. The average molecular weight is 251 g/mol. The second kappa shape index (κ2) is 6.74. The van der Waals surface area contributed by atoms with Crippen LogP contribution in [0.1, 0.15) is 38.2 Å². The van der Waals surface area contributed by atoms with Gasteiger partial charge in [0.05, 0.1) is 0 Å². The largest absolute Gasteiger partial charge is 0.488 e. The Labute approximate surface area is 109 Å². The van der Waals surface area contributed by atoms with Crippen LogP contribution in [0.5, 0.6) is 5.75 Å². The van der Waals surface area contributed by atoms with Crippen molar-refractivity contribution < 1.29 is 9.13 Å². The van der Waals surface area contributed by atoms with E-state index in [2.05, 4.69) is 12.2 Å². The number of hydrogen-bond acceptors (Lipinski definition) is 2. The minimum absolute atomic E-state index is 0.160. The Bertz CT molecular complexity index is 381. The van der Waals surface area contributed by atoms with E-state index in [1.54, 1.807) is 12.1 Å². The molecular formula is C15H22FNO. The third-order valence-electron chi connectivity index (χ3n) is 3.34. The highest BCUT2D eigenvalue weighted by molar-refractivity contribution is 5.37. The van der Waals surface area contributed by atoms with Crippen molar-refractivity contribution in [3.63, 3.8) is 0 Å². The molecule has 2 rings (SSSR count). The zero-order valence-corrected chi connectivity index (χ0v) is 11.0. The maximum absolute atomic E-state index is 13.0. The Morgan fingerprint density at radius 3 is 3.06 bits per heavy atom. The normalized spacial score (nSPS) is 17.6. The number of hydrogen-bond donors (Lipinski definition) is 1. The molecule has 18 heavy (non-hydrogen) atoms. The minimum Gasteiger partial charge on any atom is -0.488 e. The van der Waals surface area contributed by atoms with Crippen molar-refractivity contribution in [2.45, 2.75) is 45.1 Å². The number of nitrogens with one attached hydrogen (secondary N) is 1. The first-order chi connectivity index (χ1) is 8.79. The molecule has 0 saturated heterocycles. The molecule has 0 spiro atoms. The summed E-state index contributed by atoms with van der Waals surface area (Å²) in [6.07, 6.45) is 6.07. The third kappa shape index (κ3) is 3.70. The molecule has 1 aromatic carbocycles. The van der Waals surface area contributed by atoms with Crippen LogP contribution in [0.25, 0.3) is 0 Å². The smallest absolute Gasteiger partial charge is 0.123 e. The molecule has 1 heterocycles. The highest BCUT2D eigenvalue weighted by atomic mass is 19.1. The van der Waals surface area contributed by atoms with E-state index in [-0.39, 0.29) is 11.9 Å². The van der Waals surface area contributed by atoms with Gasteiger partial charge < -0.3 is 10.1 Å². The van der Waals surface area contributed by atoms with Crippen LogP contribution in [-0.4, -0.2) is 19.2 Å². The number of rotatable bonds is 7. The maximum atomic E-state index is 13.0. The maximum Gasteiger partial charge on any atom is 0.123 e. The van der Waals surface area contributed by atoms with Crippen molar-refractivity contribution in [3.05, 3.63) is 29.6 Å². The first-order valence-corrected chi connectivity index (χ1v) is 6.95. The van der Waals surface area contributed by atoms with Crippen molar-refractivity contribution in [1.82, 2.24) is 5.32 Å². The summed E-state index contributed by atoms with van der Waals surface area (Å²) >= 11 is 0. The van der Waals surface area contributed by atoms with Crippen molar-refractivity contribution in [1.29, 1.82) is 0 Å². The third-order valence-corrected chi connectivity index (χ3v) is 3.34. The van der Waals surface area contributed by atoms with E-state index in [0.29, 0.717) is 0 Å². The molecule has 1 atom stereocenters. The molecule has 0 aromatic heterocycles. The summed E-state index contributed by atoms with van der Waals surface area (Å²) in [7, 11) is 0. The molecule has 0 radical (unpaired) electrons. The monoisotopic (exact) mass is 251 g/mol. The average Bonchev–Trinajstić information content (AvgIpc) is 2.75. The second-order valence-corrected chi connectivity index (χ2v) is 4.96. The van der Waals surface area contributed by atoms with Crippen LogP contribution >= 0.6 is 0 Å².